The molecule has 0 rings (SSSR count). The van der Waals surface area contributed by atoms with Crippen molar-refractivity contribution in [1.82, 2.24) is 0 Å². The van der Waals surface area contributed by atoms with Crippen LogP contribution in [0, 0.1) is 0 Å². The largest absolute Gasteiger partial charge is 0.472 e. The van der Waals surface area contributed by atoms with Gasteiger partial charge in [-0.05, 0) is 148 Å². The van der Waals surface area contributed by atoms with Crippen molar-refractivity contribution in [2.75, 3.05) is 39.6 Å². The summed E-state index contributed by atoms with van der Waals surface area (Å²) in [6.07, 6.45) is 110. The third kappa shape index (κ3) is 87.8. The molecule has 0 radical (unpaired) electrons. The number of carbonyl (C=O) groups is 3. The minimum Gasteiger partial charge on any atom is -0.463 e. The van der Waals surface area contributed by atoms with E-state index in [0.29, 0.717) is 19.3 Å². The van der Waals surface area contributed by atoms with Crippen molar-refractivity contribution in [2.45, 2.75) is 386 Å². The lowest BCUT2D eigenvalue weighted by Gasteiger charge is -2.21. The van der Waals surface area contributed by atoms with Crippen LogP contribution in [0.2, 0.25) is 0 Å². The van der Waals surface area contributed by atoms with E-state index in [1.165, 1.54) is 128 Å². The fraction of sp³-hybridized carbons (Fsp3) is 0.695. The summed E-state index contributed by atoms with van der Waals surface area (Å²) in [7, 11) is -9.81. The lowest BCUT2D eigenvalue weighted by molar-refractivity contribution is -0.161. The van der Waals surface area contributed by atoms with Gasteiger partial charge in [-0.1, -0.05) is 359 Å². The van der Waals surface area contributed by atoms with Gasteiger partial charge in [-0.15, -0.1) is 0 Å². The summed E-state index contributed by atoms with van der Waals surface area (Å²) in [5.41, 5.74) is 0. The molecule has 4 N–H and O–H groups in total. The number of ether oxygens (including phenoxy) is 3. The summed E-state index contributed by atoms with van der Waals surface area (Å²) in [4.78, 5) is 58.9. The quantitative estimate of drug-likeness (QED) is 0.0146. The molecule has 0 saturated heterocycles. The summed E-state index contributed by atoms with van der Waals surface area (Å²) < 4.78 is 61.4. The summed E-state index contributed by atoms with van der Waals surface area (Å²) in [6, 6.07) is 0. The second kappa shape index (κ2) is 86.5. The van der Waals surface area contributed by atoms with Crippen LogP contribution in [0.1, 0.15) is 367 Å². The van der Waals surface area contributed by atoms with E-state index >= 15 is 0 Å². The van der Waals surface area contributed by atoms with Crippen molar-refractivity contribution in [3.05, 3.63) is 158 Å². The minimum absolute atomic E-state index is 0.0901. The van der Waals surface area contributed by atoms with Gasteiger partial charge in [0, 0.05) is 19.3 Å². The highest BCUT2D eigenvalue weighted by Gasteiger charge is 2.29. The Morgan fingerprint density at radius 1 is 0.257 bits per heavy atom. The van der Waals surface area contributed by atoms with Crippen molar-refractivity contribution in [2.24, 2.45) is 0 Å². The number of aliphatic hydroxyl groups excluding tert-OH is 2. The molecule has 0 aliphatic heterocycles. The molecule has 0 heterocycles. The molecule has 0 spiro atoms. The van der Waals surface area contributed by atoms with Crippen LogP contribution in [0.15, 0.2) is 158 Å². The molecule has 0 aromatic carbocycles. The third-order valence-electron chi connectivity index (χ3n) is 18.7. The normalized spacial score (nSPS) is 14.6. The Labute approximate surface area is 689 Å². The van der Waals surface area contributed by atoms with Crippen LogP contribution >= 0.6 is 15.6 Å². The first-order valence-corrected chi connectivity index (χ1v) is 47.8. The Morgan fingerprint density at radius 3 is 0.743 bits per heavy atom. The maximum atomic E-state index is 13.0. The molecule has 5 unspecified atom stereocenters. The first-order chi connectivity index (χ1) is 55.2. The molecular formula is C95H162O16P2. The summed E-state index contributed by atoms with van der Waals surface area (Å²) in [5.74, 6) is -1.58. The number of hydrogen-bond donors (Lipinski definition) is 4. The Hall–Kier alpha value is -4.83. The minimum atomic E-state index is -4.94. The monoisotopic (exact) mass is 1620 g/mol. The van der Waals surface area contributed by atoms with Crippen molar-refractivity contribution in [3.8, 4) is 0 Å². The molecule has 0 fully saturated rings. The van der Waals surface area contributed by atoms with Gasteiger partial charge in [0.15, 0.2) is 6.10 Å². The predicted octanol–water partition coefficient (Wildman–Crippen LogP) is 27.3. The highest BCUT2D eigenvalue weighted by atomic mass is 31.2. The maximum Gasteiger partial charge on any atom is 0.472 e. The number of allylic oxidation sites excluding steroid dienone is 26. The molecule has 0 aromatic rings. The van der Waals surface area contributed by atoms with E-state index in [2.05, 4.69) is 179 Å². The van der Waals surface area contributed by atoms with Gasteiger partial charge in [0.1, 0.15) is 25.4 Å². The van der Waals surface area contributed by atoms with Crippen LogP contribution in [-0.4, -0.2) is 95.9 Å². The smallest absolute Gasteiger partial charge is 0.463 e. The molecular weight excluding hydrogens is 1460 g/mol. The third-order valence-corrected chi connectivity index (χ3v) is 20.6. The zero-order valence-electron chi connectivity index (χ0n) is 71.3. The van der Waals surface area contributed by atoms with E-state index in [-0.39, 0.29) is 19.3 Å². The number of esters is 3. The predicted molar refractivity (Wildman–Crippen MR) is 472 cm³/mol. The zero-order valence-corrected chi connectivity index (χ0v) is 73.0. The maximum absolute atomic E-state index is 13.0. The fourth-order valence-electron chi connectivity index (χ4n) is 12.0. The van der Waals surface area contributed by atoms with Crippen molar-refractivity contribution < 1.29 is 75.8 Å². The molecule has 16 nitrogen and oxygen atoms in total. The second-order valence-corrected chi connectivity index (χ2v) is 32.5. The molecule has 0 aliphatic rings. The lowest BCUT2D eigenvalue weighted by atomic mass is 10.0. The summed E-state index contributed by atoms with van der Waals surface area (Å²) in [6.45, 7) is 2.45. The Kier molecular flexibility index (Phi) is 82.8. The van der Waals surface area contributed by atoms with Gasteiger partial charge in [-0.2, -0.15) is 0 Å². The second-order valence-electron chi connectivity index (χ2n) is 29.6. The fourth-order valence-corrected chi connectivity index (χ4v) is 13.6. The summed E-state index contributed by atoms with van der Waals surface area (Å²) >= 11 is 0. The molecule has 648 valence electrons. The van der Waals surface area contributed by atoms with E-state index in [9.17, 15) is 43.5 Å². The molecule has 0 amide bonds. The molecule has 0 bridgehead atoms. The van der Waals surface area contributed by atoms with Crippen molar-refractivity contribution >= 4 is 33.6 Å². The van der Waals surface area contributed by atoms with Crippen LogP contribution in [0.3, 0.4) is 0 Å². The van der Waals surface area contributed by atoms with Gasteiger partial charge in [0.05, 0.1) is 26.4 Å². The number of aliphatic hydroxyl groups is 2. The van der Waals surface area contributed by atoms with Crippen molar-refractivity contribution in [1.29, 1.82) is 0 Å². The van der Waals surface area contributed by atoms with E-state index in [1.807, 2.05) is 0 Å². The molecule has 0 aliphatic carbocycles. The molecule has 5 atom stereocenters. The van der Waals surface area contributed by atoms with Crippen LogP contribution < -0.4 is 0 Å². The molecule has 0 saturated carbocycles. The molecule has 0 aromatic heterocycles. The Balaban J connectivity index is 4.51. The first-order valence-electron chi connectivity index (χ1n) is 44.8. The van der Waals surface area contributed by atoms with Gasteiger partial charge in [0.25, 0.3) is 0 Å². The lowest BCUT2D eigenvalue weighted by Crippen LogP contribution is -2.30. The van der Waals surface area contributed by atoms with E-state index in [0.717, 1.165) is 180 Å². The van der Waals surface area contributed by atoms with Crippen LogP contribution in [-0.2, 0) is 55.8 Å². The average Bonchev–Trinajstić information content (AvgIpc) is 0.900. The zero-order chi connectivity index (χ0) is 82.2. The topological polar surface area (TPSA) is 231 Å². The number of unbranched alkanes of at least 4 members (excludes halogenated alkanes) is 35. The SMILES string of the molecule is CC/C=C\C/C=C\C/C=C\C/C=C\C/C=C\C/C=C\CCCCCCCCCCCCCCCCC(=O)OCC(O)COP(=O)(O)OCC(O)COP(=O)(O)OCC(COC(=O)CCCCCCCCCCCCC/C=C\C/C=C\C/C=C\C/C=C\CCCCC)OC(=O)CCCCCCCCC/C=C\C/C=C\C/C=C\CC. The standard InChI is InChI=1S/C95H162O16P2/c1-4-7-10-13-16-19-22-25-28-31-33-35-37-39-41-42-43-44-45-46-48-50-51-53-55-58-60-63-66-69-72-75-78-81-93(98)105-84-90(96)85-107-112(101,102)108-86-91(97)87-109-113(103,104)110-89-92(111-95(100)83-80-77-74-71-68-65-62-57-30-27-24-21-18-15-12-9-6-3)88-106-94(99)82-79-76-73-70-67-64-61-59-56-54-52-49-47-40-38-36-34-32-29-26-23-20-17-14-11-8-5-2/h7,9-10,12,16-21,25-30,33-36,39-41,43-44,47,90-92,96-97H,4-6,8,11,13-15,22-24,31-32,37-38,42,45-46,48-89H2,1-3H3,(H,101,102)(H,103,104)/b10-7-,12-9-,19-16-,20-17-,21-18-,28-25-,29-26-,30-27-,35-33-,36-34-,41-39-,44-43-,47-40-. The average molecular weight is 1620 g/mol. The van der Waals surface area contributed by atoms with Crippen molar-refractivity contribution in [3.63, 3.8) is 0 Å². The number of hydrogen-bond acceptors (Lipinski definition) is 14. The number of carbonyl (C=O) groups excluding carboxylic acids is 3. The molecule has 18 heteroatoms. The van der Waals surface area contributed by atoms with E-state index in [4.69, 9.17) is 32.3 Å². The van der Waals surface area contributed by atoms with Gasteiger partial charge in [0.2, 0.25) is 0 Å². The van der Waals surface area contributed by atoms with Gasteiger partial charge < -0.3 is 34.2 Å². The highest BCUT2D eigenvalue weighted by Crippen LogP contribution is 2.45. The Morgan fingerprint density at radius 2 is 0.469 bits per heavy atom. The number of phosphoric acid groups is 2. The van der Waals surface area contributed by atoms with Crippen LogP contribution in [0.25, 0.3) is 0 Å². The number of rotatable bonds is 84. The molecule has 113 heavy (non-hydrogen) atoms. The van der Waals surface area contributed by atoms with E-state index < -0.39 is 91.5 Å². The van der Waals surface area contributed by atoms with Crippen LogP contribution in [0.5, 0.6) is 0 Å². The Bertz CT molecular complexity index is 2680. The van der Waals surface area contributed by atoms with Gasteiger partial charge >= 0.3 is 33.6 Å². The highest BCUT2D eigenvalue weighted by molar-refractivity contribution is 7.47. The van der Waals surface area contributed by atoms with Gasteiger partial charge in [-0.3, -0.25) is 32.5 Å². The first kappa shape index (κ1) is 108. The summed E-state index contributed by atoms with van der Waals surface area (Å²) in [5, 5.41) is 20.7. The van der Waals surface area contributed by atoms with Crippen LogP contribution in [0.4, 0.5) is 0 Å². The number of phosphoric ester groups is 2. The van der Waals surface area contributed by atoms with Gasteiger partial charge in [-0.25, -0.2) is 9.13 Å². The van der Waals surface area contributed by atoms with E-state index in [1.54, 1.807) is 0 Å².